The number of hydrogen-bond donors (Lipinski definition) is 1. The van der Waals surface area contributed by atoms with Crippen molar-refractivity contribution in [2.45, 2.75) is 26.3 Å². The van der Waals surface area contributed by atoms with Crippen molar-refractivity contribution in [2.24, 2.45) is 7.05 Å². The van der Waals surface area contributed by atoms with Crippen molar-refractivity contribution < 1.29 is 9.59 Å². The number of amides is 1. The summed E-state index contributed by atoms with van der Waals surface area (Å²) in [5.41, 5.74) is 2.01. The van der Waals surface area contributed by atoms with Gasteiger partial charge < -0.3 is 9.88 Å². The first-order chi connectivity index (χ1) is 10.4. The van der Waals surface area contributed by atoms with Crippen LogP contribution in [0.2, 0.25) is 5.02 Å². The number of ketones is 1. The average molecular weight is 319 g/mol. The highest BCUT2D eigenvalue weighted by Crippen LogP contribution is 2.20. The van der Waals surface area contributed by atoms with Crippen LogP contribution in [0.25, 0.3) is 0 Å². The fourth-order valence-electron chi connectivity index (χ4n) is 2.33. The highest BCUT2D eigenvalue weighted by atomic mass is 35.5. The maximum absolute atomic E-state index is 12.4. The maximum Gasteiger partial charge on any atom is 0.268 e. The molecule has 2 rings (SSSR count). The number of carbonyl (C=O) groups excluding carboxylic acids is 2. The molecule has 1 atom stereocenters. The summed E-state index contributed by atoms with van der Waals surface area (Å²) in [6.45, 7) is 3.49. The van der Waals surface area contributed by atoms with Gasteiger partial charge in [-0.25, -0.2) is 0 Å². The number of nitrogens with zero attached hydrogens (tertiary/aromatic N) is 1. The minimum absolute atomic E-state index is 0.0561. The van der Waals surface area contributed by atoms with Gasteiger partial charge >= 0.3 is 0 Å². The Balaban J connectivity index is 2.19. The third-order valence-electron chi connectivity index (χ3n) is 3.63. The lowest BCUT2D eigenvalue weighted by molar-refractivity contribution is 0.0927. The summed E-state index contributed by atoms with van der Waals surface area (Å²) in [5.74, 6) is -0.254. The highest BCUT2D eigenvalue weighted by molar-refractivity contribution is 6.30. The molecule has 0 spiro atoms. The van der Waals surface area contributed by atoms with Crippen molar-refractivity contribution in [1.82, 2.24) is 9.88 Å². The van der Waals surface area contributed by atoms with Crippen LogP contribution in [-0.4, -0.2) is 16.3 Å². The standard InChI is InChI=1S/C17H19ClN2O2/c1-4-15(12-5-7-14(18)8-6-12)19-17(22)16-9-13(11(2)21)10-20(16)3/h5-10,15H,4H2,1-3H3,(H,19,22)/t15-/m0/s1. The molecule has 4 nitrogen and oxygen atoms in total. The molecule has 5 heteroatoms. The first kappa shape index (κ1) is 16.3. The van der Waals surface area contributed by atoms with E-state index in [0.717, 1.165) is 12.0 Å². The molecule has 22 heavy (non-hydrogen) atoms. The number of Topliss-reactive ketones (excluding diaryl/α,β-unsaturated/α-hetero) is 1. The van der Waals surface area contributed by atoms with Gasteiger partial charge in [-0.3, -0.25) is 9.59 Å². The van der Waals surface area contributed by atoms with Crippen LogP contribution in [0.5, 0.6) is 0 Å². The van der Waals surface area contributed by atoms with Crippen LogP contribution >= 0.6 is 11.6 Å². The second kappa shape index (κ2) is 6.79. The van der Waals surface area contributed by atoms with Crippen LogP contribution in [0.3, 0.4) is 0 Å². The Morgan fingerprint density at radius 2 is 1.91 bits per heavy atom. The van der Waals surface area contributed by atoms with Gasteiger partial charge in [0.25, 0.3) is 5.91 Å². The molecule has 0 saturated carbocycles. The van der Waals surface area contributed by atoms with Crippen molar-refractivity contribution >= 4 is 23.3 Å². The molecule has 2 aromatic rings. The third-order valence-corrected chi connectivity index (χ3v) is 3.88. The Morgan fingerprint density at radius 3 is 2.41 bits per heavy atom. The molecule has 116 valence electrons. The van der Waals surface area contributed by atoms with E-state index in [4.69, 9.17) is 11.6 Å². The van der Waals surface area contributed by atoms with Crippen LogP contribution in [0.15, 0.2) is 36.5 Å². The van der Waals surface area contributed by atoms with Crippen molar-refractivity contribution in [1.29, 1.82) is 0 Å². The predicted molar refractivity (Wildman–Crippen MR) is 87.4 cm³/mol. The molecule has 1 aromatic carbocycles. The fourth-order valence-corrected chi connectivity index (χ4v) is 2.46. The number of carbonyl (C=O) groups is 2. The molecule has 1 heterocycles. The van der Waals surface area contributed by atoms with E-state index in [-0.39, 0.29) is 17.7 Å². The summed E-state index contributed by atoms with van der Waals surface area (Å²) in [7, 11) is 1.75. The molecule has 0 fully saturated rings. The van der Waals surface area contributed by atoms with E-state index in [0.29, 0.717) is 16.3 Å². The van der Waals surface area contributed by atoms with E-state index in [9.17, 15) is 9.59 Å². The summed E-state index contributed by atoms with van der Waals surface area (Å²) >= 11 is 5.89. The number of aromatic nitrogens is 1. The Labute approximate surface area is 135 Å². The number of hydrogen-bond acceptors (Lipinski definition) is 2. The van der Waals surface area contributed by atoms with E-state index in [1.165, 1.54) is 6.92 Å². The van der Waals surface area contributed by atoms with E-state index >= 15 is 0 Å². The van der Waals surface area contributed by atoms with Crippen molar-refractivity contribution in [3.8, 4) is 0 Å². The number of rotatable bonds is 5. The molecule has 0 aliphatic heterocycles. The molecule has 1 aromatic heterocycles. The lowest BCUT2D eigenvalue weighted by Crippen LogP contribution is -2.29. The van der Waals surface area contributed by atoms with Crippen molar-refractivity contribution in [3.63, 3.8) is 0 Å². The van der Waals surface area contributed by atoms with Gasteiger partial charge in [-0.2, -0.15) is 0 Å². The van der Waals surface area contributed by atoms with Gasteiger partial charge in [0.15, 0.2) is 5.78 Å². The summed E-state index contributed by atoms with van der Waals surface area (Å²) < 4.78 is 1.67. The first-order valence-electron chi connectivity index (χ1n) is 7.16. The maximum atomic E-state index is 12.4. The second-order valence-electron chi connectivity index (χ2n) is 5.27. The normalized spacial score (nSPS) is 12.0. The summed E-state index contributed by atoms with van der Waals surface area (Å²) in [4.78, 5) is 23.8. The highest BCUT2D eigenvalue weighted by Gasteiger charge is 2.18. The lowest BCUT2D eigenvalue weighted by Gasteiger charge is -2.17. The molecule has 1 amide bonds. The van der Waals surface area contributed by atoms with Crippen LogP contribution < -0.4 is 5.32 Å². The zero-order valence-electron chi connectivity index (χ0n) is 12.9. The Bertz CT molecular complexity index is 689. The summed E-state index contributed by atoms with van der Waals surface area (Å²) in [6, 6.07) is 8.95. The molecule has 0 aliphatic carbocycles. The SMILES string of the molecule is CC[C@H](NC(=O)c1cc(C(C)=O)cn1C)c1ccc(Cl)cc1. The van der Waals surface area contributed by atoms with Gasteiger partial charge in [-0.1, -0.05) is 30.7 Å². The van der Waals surface area contributed by atoms with Crippen molar-refractivity contribution in [2.75, 3.05) is 0 Å². The molecule has 0 bridgehead atoms. The quantitative estimate of drug-likeness (QED) is 0.853. The topological polar surface area (TPSA) is 51.1 Å². The number of benzene rings is 1. The van der Waals surface area contributed by atoms with Gasteiger partial charge in [0.2, 0.25) is 0 Å². The van der Waals surface area contributed by atoms with E-state index in [1.807, 2.05) is 31.2 Å². The van der Waals surface area contributed by atoms with Crippen LogP contribution in [0.1, 0.15) is 52.7 Å². The predicted octanol–water partition coefficient (Wildman–Crippen LogP) is 3.76. The van der Waals surface area contributed by atoms with E-state index < -0.39 is 0 Å². The Kier molecular flexibility index (Phi) is 5.03. The largest absolute Gasteiger partial charge is 0.346 e. The Hall–Kier alpha value is -2.07. The Morgan fingerprint density at radius 1 is 1.27 bits per heavy atom. The van der Waals surface area contributed by atoms with Crippen LogP contribution in [0, 0.1) is 0 Å². The number of halogens is 1. The summed E-state index contributed by atoms with van der Waals surface area (Å²) in [6.07, 6.45) is 2.43. The molecule has 0 unspecified atom stereocenters. The van der Waals surface area contributed by atoms with E-state index in [1.54, 1.807) is 23.9 Å². The number of nitrogens with one attached hydrogen (secondary N) is 1. The number of aryl methyl sites for hydroxylation is 1. The molecule has 0 aliphatic rings. The molecule has 0 saturated heterocycles. The average Bonchev–Trinajstić information content (AvgIpc) is 2.88. The minimum Gasteiger partial charge on any atom is -0.346 e. The summed E-state index contributed by atoms with van der Waals surface area (Å²) in [5, 5.41) is 3.66. The van der Waals surface area contributed by atoms with Gasteiger partial charge in [-0.05, 0) is 37.1 Å². The molecular weight excluding hydrogens is 300 g/mol. The molecule has 0 radical (unpaired) electrons. The van der Waals surface area contributed by atoms with Gasteiger partial charge in [0.05, 0.1) is 6.04 Å². The van der Waals surface area contributed by atoms with Crippen LogP contribution in [-0.2, 0) is 7.05 Å². The van der Waals surface area contributed by atoms with Gasteiger partial charge in [0.1, 0.15) is 5.69 Å². The van der Waals surface area contributed by atoms with E-state index in [2.05, 4.69) is 5.32 Å². The van der Waals surface area contributed by atoms with Gasteiger partial charge in [0, 0.05) is 23.8 Å². The minimum atomic E-state index is -0.197. The van der Waals surface area contributed by atoms with Crippen molar-refractivity contribution in [3.05, 3.63) is 58.4 Å². The second-order valence-corrected chi connectivity index (χ2v) is 5.70. The third kappa shape index (κ3) is 3.57. The zero-order valence-corrected chi connectivity index (χ0v) is 13.6. The monoisotopic (exact) mass is 318 g/mol. The fraction of sp³-hybridized carbons (Fsp3) is 0.294. The van der Waals surface area contributed by atoms with Crippen LogP contribution in [0.4, 0.5) is 0 Å². The lowest BCUT2D eigenvalue weighted by atomic mass is 10.0. The molecule has 1 N–H and O–H groups in total. The zero-order chi connectivity index (χ0) is 16.3. The smallest absolute Gasteiger partial charge is 0.268 e. The first-order valence-corrected chi connectivity index (χ1v) is 7.53. The molecular formula is C17H19ClN2O2. The van der Waals surface area contributed by atoms with Gasteiger partial charge in [-0.15, -0.1) is 0 Å².